The molecule has 2 aliphatic rings. The van der Waals surface area contributed by atoms with Crippen molar-refractivity contribution in [2.24, 2.45) is 40.1 Å². The van der Waals surface area contributed by atoms with Crippen molar-refractivity contribution in [3.05, 3.63) is 69.9 Å². The lowest BCUT2D eigenvalue weighted by Crippen LogP contribution is -2.34. The SMILES string of the molecule is CN=C(N)NC[C@H](C)CCC[C@H](CCCCc1oc(CCc2ccc(O)c(OC[C@H](O)c3cc4c([nH]3)CC[C@H]3CCC[C@@H]3[C@@H]4CNC[C@H](C)O)c2)cc1CO)C[C@H](N)CCCO. The van der Waals surface area contributed by atoms with E-state index in [4.69, 9.17) is 20.6 Å². The number of unbranched alkanes of at least 4 members (excludes halogenated alkanes) is 1. The maximum absolute atomic E-state index is 11.3. The molecule has 13 nitrogen and oxygen atoms in total. The van der Waals surface area contributed by atoms with Gasteiger partial charge in [-0.1, -0.05) is 51.5 Å². The third-order valence-corrected chi connectivity index (χ3v) is 13.5. The number of aryl methyl sites for hydroxylation is 4. The van der Waals surface area contributed by atoms with Crippen molar-refractivity contribution >= 4 is 5.96 Å². The number of aromatic hydroxyl groups is 1. The van der Waals surface area contributed by atoms with Gasteiger partial charge in [-0.15, -0.1) is 0 Å². The predicted octanol–water partition coefficient (Wildman–Crippen LogP) is 6.28. The standard InChI is InChI=1S/C49H80N6O7/c1-32(27-54-49(51)52-3)9-6-11-34(23-38(50)13-8-22-56)10-4-5-15-47-37(30-57)25-39(62-47)19-16-35-17-21-45(59)48(24-35)61-31-46(60)44-26-41-42(29-53-28-33(2)58)40-14-7-12-36(40)18-20-43(41)55-44/h17,21,24-26,32-34,36,38,40,42,46,53,55-60H,4-16,18-20,22-23,27-31,50H2,1-3H3,(H3,51,52,54)/t32-,33+,34+,36-,38-,40+,42+,46+/m1/s1. The number of benzene rings is 1. The summed E-state index contributed by atoms with van der Waals surface area (Å²) in [6, 6.07) is 9.50. The number of hydrogen-bond acceptors (Lipinski definition) is 10. The van der Waals surface area contributed by atoms with Gasteiger partial charge < -0.3 is 61.8 Å². The van der Waals surface area contributed by atoms with E-state index < -0.39 is 12.2 Å². The molecule has 1 fully saturated rings. The maximum Gasteiger partial charge on any atom is 0.188 e. The number of ether oxygens (including phenoxy) is 1. The summed E-state index contributed by atoms with van der Waals surface area (Å²) in [6.45, 7) is 6.30. The first-order chi connectivity index (χ1) is 30.0. The number of nitrogens with two attached hydrogens (primary N) is 2. The number of aliphatic hydroxyl groups is 4. The molecule has 0 spiro atoms. The highest BCUT2D eigenvalue weighted by molar-refractivity contribution is 5.77. The number of aliphatic imine (C=N–C) groups is 1. The number of aromatic amines is 1. The summed E-state index contributed by atoms with van der Waals surface area (Å²) in [6.07, 6.45) is 15.6. The fourth-order valence-electron chi connectivity index (χ4n) is 10.0. The molecule has 0 saturated heterocycles. The second-order valence-electron chi connectivity index (χ2n) is 18.6. The number of furan rings is 1. The van der Waals surface area contributed by atoms with Crippen LogP contribution in [0.2, 0.25) is 0 Å². The normalized spacial score (nSPS) is 20.3. The molecule has 5 rings (SSSR count). The van der Waals surface area contributed by atoms with Gasteiger partial charge in [-0.25, -0.2) is 0 Å². The number of phenols is 1. The molecule has 348 valence electrons. The van der Waals surface area contributed by atoms with Gasteiger partial charge in [0.15, 0.2) is 17.5 Å². The number of nitrogens with one attached hydrogen (secondary N) is 3. The van der Waals surface area contributed by atoms with Crippen molar-refractivity contribution in [1.82, 2.24) is 15.6 Å². The van der Waals surface area contributed by atoms with Crippen LogP contribution in [0, 0.1) is 23.7 Å². The van der Waals surface area contributed by atoms with Crippen molar-refractivity contribution < 1.29 is 34.7 Å². The molecular weight excluding hydrogens is 785 g/mol. The van der Waals surface area contributed by atoms with E-state index in [1.165, 1.54) is 30.5 Å². The molecule has 2 heterocycles. The molecule has 1 aromatic carbocycles. The van der Waals surface area contributed by atoms with Crippen molar-refractivity contribution in [3.8, 4) is 11.5 Å². The first-order valence-electron chi connectivity index (χ1n) is 23.7. The van der Waals surface area contributed by atoms with Crippen LogP contribution in [0.5, 0.6) is 11.5 Å². The molecule has 62 heavy (non-hydrogen) atoms. The van der Waals surface area contributed by atoms with Gasteiger partial charge in [-0.2, -0.15) is 0 Å². The molecule has 8 atom stereocenters. The van der Waals surface area contributed by atoms with Crippen molar-refractivity contribution in [1.29, 1.82) is 0 Å². The number of H-pyrrole nitrogens is 1. The molecular formula is C49H80N6O7. The molecule has 3 aromatic rings. The van der Waals surface area contributed by atoms with Gasteiger partial charge in [-0.05, 0) is 124 Å². The second-order valence-corrected chi connectivity index (χ2v) is 18.6. The molecule has 0 aliphatic heterocycles. The van der Waals surface area contributed by atoms with Gasteiger partial charge in [0.05, 0.1) is 12.7 Å². The summed E-state index contributed by atoms with van der Waals surface area (Å²) in [4.78, 5) is 7.51. The Balaban J connectivity index is 1.10. The lowest BCUT2D eigenvalue weighted by atomic mass is 9.80. The quantitative estimate of drug-likeness (QED) is 0.0222. The Kier molecular flexibility index (Phi) is 20.4. The summed E-state index contributed by atoms with van der Waals surface area (Å²) in [5, 5.41) is 58.0. The highest BCUT2D eigenvalue weighted by atomic mass is 16.5. The minimum Gasteiger partial charge on any atom is -0.504 e. The van der Waals surface area contributed by atoms with Crippen molar-refractivity contribution in [2.45, 2.75) is 154 Å². The summed E-state index contributed by atoms with van der Waals surface area (Å²) < 4.78 is 12.4. The van der Waals surface area contributed by atoms with E-state index in [1.54, 1.807) is 20.0 Å². The summed E-state index contributed by atoms with van der Waals surface area (Å²) in [5.74, 6) is 5.13. The van der Waals surface area contributed by atoms with Crippen LogP contribution in [-0.2, 0) is 32.3 Å². The summed E-state index contributed by atoms with van der Waals surface area (Å²) >= 11 is 0. The highest BCUT2D eigenvalue weighted by Crippen LogP contribution is 2.47. The third kappa shape index (κ3) is 15.3. The largest absolute Gasteiger partial charge is 0.504 e. The fraction of sp³-hybridized carbons (Fsp3) is 0.694. The molecule has 0 amide bonds. The van der Waals surface area contributed by atoms with E-state index >= 15 is 0 Å². The molecule has 0 radical (unpaired) electrons. The topological polar surface area (TPSA) is 228 Å². The minimum atomic E-state index is -0.891. The first-order valence-corrected chi connectivity index (χ1v) is 23.7. The fourth-order valence-corrected chi connectivity index (χ4v) is 10.0. The van der Waals surface area contributed by atoms with E-state index in [9.17, 15) is 25.5 Å². The lowest BCUT2D eigenvalue weighted by Gasteiger charge is -2.27. The van der Waals surface area contributed by atoms with Crippen LogP contribution in [0.3, 0.4) is 0 Å². The average molecular weight is 865 g/mol. The van der Waals surface area contributed by atoms with E-state index in [0.29, 0.717) is 60.7 Å². The van der Waals surface area contributed by atoms with Crippen LogP contribution in [0.1, 0.15) is 149 Å². The minimum absolute atomic E-state index is 0.00581. The molecule has 2 aromatic heterocycles. The molecule has 0 unspecified atom stereocenters. The zero-order valence-electron chi connectivity index (χ0n) is 37.9. The zero-order chi connectivity index (χ0) is 44.4. The Bertz CT molecular complexity index is 1780. The number of rotatable bonds is 28. The van der Waals surface area contributed by atoms with Gasteiger partial charge in [0.1, 0.15) is 24.2 Å². The average Bonchev–Trinajstić information content (AvgIpc) is 4.00. The number of hydrogen-bond donors (Lipinski definition) is 10. The monoisotopic (exact) mass is 865 g/mol. The Labute approximate surface area is 370 Å². The van der Waals surface area contributed by atoms with Gasteiger partial charge in [0, 0.05) is 75.0 Å². The highest BCUT2D eigenvalue weighted by Gasteiger charge is 2.38. The van der Waals surface area contributed by atoms with E-state index in [0.717, 1.165) is 118 Å². The molecule has 12 N–H and O–H groups in total. The first kappa shape index (κ1) is 49.4. The number of guanidine groups is 1. The Hall–Kier alpha value is -3.59. The summed E-state index contributed by atoms with van der Waals surface area (Å²) in [5.41, 5.74) is 17.3. The third-order valence-electron chi connectivity index (χ3n) is 13.5. The lowest BCUT2D eigenvalue weighted by molar-refractivity contribution is 0.103. The Morgan fingerprint density at radius 2 is 1.79 bits per heavy atom. The number of aromatic nitrogens is 1. The molecule has 2 aliphatic carbocycles. The van der Waals surface area contributed by atoms with Gasteiger partial charge >= 0.3 is 0 Å². The number of fused-ring (bicyclic) bond motifs is 2. The number of nitrogens with zero attached hydrogens (tertiary/aromatic N) is 1. The van der Waals surface area contributed by atoms with Gasteiger partial charge in [0.2, 0.25) is 0 Å². The van der Waals surface area contributed by atoms with Gasteiger partial charge in [0.25, 0.3) is 0 Å². The van der Waals surface area contributed by atoms with Crippen LogP contribution >= 0.6 is 0 Å². The number of phenolic OH excluding ortho intramolecular Hbond substituents is 1. The van der Waals surface area contributed by atoms with Crippen LogP contribution in [0.15, 0.2) is 39.7 Å². The zero-order valence-corrected chi connectivity index (χ0v) is 37.9. The van der Waals surface area contributed by atoms with Crippen LogP contribution in [-0.4, -0.2) is 88.5 Å². The maximum atomic E-state index is 11.3. The van der Waals surface area contributed by atoms with Crippen LogP contribution in [0.4, 0.5) is 0 Å². The Morgan fingerprint density at radius 1 is 0.968 bits per heavy atom. The van der Waals surface area contributed by atoms with E-state index in [2.05, 4.69) is 33.6 Å². The Morgan fingerprint density at radius 3 is 2.56 bits per heavy atom. The van der Waals surface area contributed by atoms with Crippen LogP contribution < -0.4 is 26.8 Å². The predicted molar refractivity (Wildman–Crippen MR) is 246 cm³/mol. The number of aliphatic hydroxyl groups excluding tert-OH is 4. The molecule has 0 bridgehead atoms. The van der Waals surface area contributed by atoms with E-state index in [-0.39, 0.29) is 31.6 Å². The molecule has 1 saturated carbocycles. The van der Waals surface area contributed by atoms with Gasteiger partial charge in [-0.3, -0.25) is 4.99 Å². The molecule has 13 heteroatoms. The van der Waals surface area contributed by atoms with Crippen molar-refractivity contribution in [2.75, 3.05) is 39.9 Å². The van der Waals surface area contributed by atoms with E-state index in [1.807, 2.05) is 18.2 Å². The van der Waals surface area contributed by atoms with Crippen LogP contribution in [0.25, 0.3) is 0 Å². The summed E-state index contributed by atoms with van der Waals surface area (Å²) in [7, 11) is 1.68. The van der Waals surface area contributed by atoms with Crippen molar-refractivity contribution in [3.63, 3.8) is 0 Å². The second kappa shape index (κ2) is 25.6. The smallest absolute Gasteiger partial charge is 0.188 e.